The van der Waals surface area contributed by atoms with Crippen molar-refractivity contribution < 1.29 is 23.6 Å². The highest BCUT2D eigenvalue weighted by atomic mass is 16.5. The molecule has 0 saturated carbocycles. The number of carbonyl (C=O) groups excluding carboxylic acids is 2. The second-order valence-electron chi connectivity index (χ2n) is 5.30. The summed E-state index contributed by atoms with van der Waals surface area (Å²) in [7, 11) is 2.44. The summed E-state index contributed by atoms with van der Waals surface area (Å²) in [5, 5.41) is 0.110. The molecule has 3 aromatic rings. The third-order valence-corrected chi connectivity index (χ3v) is 3.77. The number of methoxy groups -OCH3 is 2. The van der Waals surface area contributed by atoms with E-state index in [-0.39, 0.29) is 28.6 Å². The second kappa shape index (κ2) is 6.64. The van der Waals surface area contributed by atoms with E-state index in [0.717, 1.165) is 5.56 Å². The number of nitrogens with zero attached hydrogens (tertiary/aromatic N) is 1. The van der Waals surface area contributed by atoms with Gasteiger partial charge in [0.2, 0.25) is 0 Å². The molecule has 0 atom stereocenters. The van der Waals surface area contributed by atoms with E-state index < -0.39 is 17.6 Å². The molecule has 0 aliphatic heterocycles. The van der Waals surface area contributed by atoms with Gasteiger partial charge in [0, 0.05) is 0 Å². The van der Waals surface area contributed by atoms with Gasteiger partial charge in [-0.1, -0.05) is 30.3 Å². The number of esters is 2. The first kappa shape index (κ1) is 16.5. The largest absolute Gasteiger partial charge is 0.465 e. The Balaban J connectivity index is 2.24. The van der Waals surface area contributed by atoms with Crippen molar-refractivity contribution in [3.05, 3.63) is 69.6 Å². The molecule has 7 heteroatoms. The van der Waals surface area contributed by atoms with Crippen molar-refractivity contribution in [2.45, 2.75) is 6.54 Å². The topological polar surface area (TPSA) is 87.7 Å². The smallest absolute Gasteiger partial charge is 0.365 e. The predicted molar refractivity (Wildman–Crippen MR) is 88.7 cm³/mol. The summed E-state index contributed by atoms with van der Waals surface area (Å²) in [6.07, 6.45) is 0. The number of aromatic nitrogens is 1. The van der Waals surface area contributed by atoms with E-state index >= 15 is 0 Å². The monoisotopic (exact) mass is 341 g/mol. The molecule has 0 fully saturated rings. The Morgan fingerprint density at radius 1 is 1.04 bits per heavy atom. The van der Waals surface area contributed by atoms with Crippen LogP contribution in [-0.2, 0) is 16.0 Å². The molecule has 1 heterocycles. The van der Waals surface area contributed by atoms with Crippen LogP contribution in [0.2, 0.25) is 0 Å². The maximum absolute atomic E-state index is 12.2. The Kier molecular flexibility index (Phi) is 4.38. The van der Waals surface area contributed by atoms with E-state index in [0.29, 0.717) is 0 Å². The lowest BCUT2D eigenvalue weighted by Crippen LogP contribution is -2.10. The van der Waals surface area contributed by atoms with Crippen molar-refractivity contribution in [2.24, 2.45) is 0 Å². The number of carbonyl (C=O) groups is 2. The van der Waals surface area contributed by atoms with E-state index in [1.807, 2.05) is 30.3 Å². The summed E-state index contributed by atoms with van der Waals surface area (Å²) in [6.45, 7) is 0.251. The SMILES string of the molecule is COC(=O)c1cc(C(=O)OC)c2c(c1)c(=O)on2Cc1ccccc1. The van der Waals surface area contributed by atoms with Crippen LogP contribution < -0.4 is 5.63 Å². The Labute approximate surface area is 142 Å². The van der Waals surface area contributed by atoms with Gasteiger partial charge in [0.05, 0.1) is 37.3 Å². The van der Waals surface area contributed by atoms with Crippen molar-refractivity contribution >= 4 is 22.8 Å². The lowest BCUT2D eigenvalue weighted by atomic mass is 10.1. The fraction of sp³-hybridized carbons (Fsp3) is 0.167. The number of benzene rings is 2. The summed E-state index contributed by atoms with van der Waals surface area (Å²) in [4.78, 5) is 36.2. The zero-order valence-electron chi connectivity index (χ0n) is 13.6. The highest BCUT2D eigenvalue weighted by molar-refractivity contribution is 6.06. The first-order chi connectivity index (χ1) is 12.0. The summed E-state index contributed by atoms with van der Waals surface area (Å²) in [5.74, 6) is -1.35. The van der Waals surface area contributed by atoms with Crippen LogP contribution >= 0.6 is 0 Å². The summed E-state index contributed by atoms with van der Waals surface area (Å²) < 4.78 is 16.0. The maximum atomic E-state index is 12.2. The maximum Gasteiger partial charge on any atom is 0.365 e. The van der Waals surface area contributed by atoms with Crippen LogP contribution in [0.15, 0.2) is 51.8 Å². The van der Waals surface area contributed by atoms with Crippen molar-refractivity contribution in [1.82, 2.24) is 4.74 Å². The minimum Gasteiger partial charge on any atom is -0.465 e. The number of hydrogen-bond acceptors (Lipinski definition) is 6. The standard InChI is InChI=1S/C18H15NO6/c1-23-16(20)12-8-13(17(21)24-2)15-14(9-12)18(22)25-19(15)10-11-6-4-3-5-7-11/h3-9H,10H2,1-2H3. The van der Waals surface area contributed by atoms with Gasteiger partial charge in [-0.25, -0.2) is 14.4 Å². The minimum atomic E-state index is -0.682. The van der Waals surface area contributed by atoms with Gasteiger partial charge < -0.3 is 14.0 Å². The fourth-order valence-electron chi connectivity index (χ4n) is 2.62. The van der Waals surface area contributed by atoms with Crippen LogP contribution in [0.3, 0.4) is 0 Å². The van der Waals surface area contributed by atoms with Gasteiger partial charge >= 0.3 is 17.6 Å². The van der Waals surface area contributed by atoms with E-state index in [1.54, 1.807) is 0 Å². The number of ether oxygens (including phenoxy) is 2. The summed E-state index contributed by atoms with van der Waals surface area (Å²) >= 11 is 0. The molecule has 0 saturated heterocycles. The molecule has 128 valence electrons. The highest BCUT2D eigenvalue weighted by Gasteiger charge is 2.22. The van der Waals surface area contributed by atoms with Crippen LogP contribution in [0, 0.1) is 0 Å². The molecule has 25 heavy (non-hydrogen) atoms. The van der Waals surface area contributed by atoms with Gasteiger partial charge in [-0.3, -0.25) is 0 Å². The third-order valence-electron chi connectivity index (χ3n) is 3.77. The second-order valence-corrected chi connectivity index (χ2v) is 5.30. The van der Waals surface area contributed by atoms with E-state index in [9.17, 15) is 14.4 Å². The van der Waals surface area contributed by atoms with Crippen LogP contribution in [0.1, 0.15) is 26.3 Å². The number of fused-ring (bicyclic) bond motifs is 1. The lowest BCUT2D eigenvalue weighted by Gasteiger charge is -2.08. The molecule has 7 nitrogen and oxygen atoms in total. The van der Waals surface area contributed by atoms with E-state index in [2.05, 4.69) is 4.74 Å². The summed E-state index contributed by atoms with van der Waals surface area (Å²) in [5.41, 5.74) is 0.633. The Morgan fingerprint density at radius 2 is 1.72 bits per heavy atom. The van der Waals surface area contributed by atoms with Gasteiger partial charge in [0.15, 0.2) is 0 Å². The zero-order valence-corrected chi connectivity index (χ0v) is 13.6. The van der Waals surface area contributed by atoms with Crippen molar-refractivity contribution in [3.63, 3.8) is 0 Å². The number of hydrogen-bond donors (Lipinski definition) is 0. The molecule has 1 aromatic heterocycles. The average Bonchev–Trinajstić information content (AvgIpc) is 2.96. The van der Waals surface area contributed by atoms with E-state index in [1.165, 1.54) is 31.1 Å². The van der Waals surface area contributed by atoms with Crippen LogP contribution in [-0.4, -0.2) is 30.9 Å². The lowest BCUT2D eigenvalue weighted by molar-refractivity contribution is 0.0600. The zero-order chi connectivity index (χ0) is 18.0. The van der Waals surface area contributed by atoms with Gasteiger partial charge in [-0.2, -0.15) is 4.74 Å². The molecule has 0 N–H and O–H groups in total. The molecule has 0 aliphatic carbocycles. The quantitative estimate of drug-likeness (QED) is 0.676. The number of rotatable bonds is 4. The Morgan fingerprint density at radius 3 is 2.36 bits per heavy atom. The van der Waals surface area contributed by atoms with Gasteiger partial charge in [-0.05, 0) is 17.7 Å². The van der Waals surface area contributed by atoms with Crippen molar-refractivity contribution in [2.75, 3.05) is 14.2 Å². The molecule has 0 aliphatic rings. The molecule has 3 rings (SSSR count). The molecular formula is C18H15NO6. The molecule has 0 amide bonds. The Hall–Kier alpha value is -3.35. The van der Waals surface area contributed by atoms with Gasteiger partial charge in [-0.15, -0.1) is 0 Å². The molecule has 0 radical (unpaired) electrons. The molecule has 0 unspecified atom stereocenters. The molecule has 0 bridgehead atoms. The van der Waals surface area contributed by atoms with Gasteiger partial charge in [0.1, 0.15) is 5.52 Å². The van der Waals surface area contributed by atoms with Crippen LogP contribution in [0.25, 0.3) is 10.9 Å². The van der Waals surface area contributed by atoms with Crippen LogP contribution in [0.5, 0.6) is 0 Å². The average molecular weight is 341 g/mol. The van der Waals surface area contributed by atoms with E-state index in [4.69, 9.17) is 9.26 Å². The summed E-state index contributed by atoms with van der Waals surface area (Å²) in [6, 6.07) is 12.0. The van der Waals surface area contributed by atoms with Crippen molar-refractivity contribution in [1.29, 1.82) is 0 Å². The van der Waals surface area contributed by atoms with Crippen molar-refractivity contribution in [3.8, 4) is 0 Å². The molecule has 0 spiro atoms. The van der Waals surface area contributed by atoms with Gasteiger partial charge in [0.25, 0.3) is 0 Å². The highest BCUT2D eigenvalue weighted by Crippen LogP contribution is 2.22. The Bertz CT molecular complexity index is 1000. The molecule has 2 aromatic carbocycles. The first-order valence-corrected chi connectivity index (χ1v) is 7.43. The predicted octanol–water partition coefficient (Wildman–Crippen LogP) is 2.22. The minimum absolute atomic E-state index is 0.0576. The first-order valence-electron chi connectivity index (χ1n) is 7.43. The molecular weight excluding hydrogens is 326 g/mol. The fourth-order valence-corrected chi connectivity index (χ4v) is 2.62. The third kappa shape index (κ3) is 3.03. The normalized spacial score (nSPS) is 10.6. The van der Waals surface area contributed by atoms with Crippen LogP contribution in [0.4, 0.5) is 0 Å².